The monoisotopic (exact) mass is 203 g/mol. The van der Waals surface area contributed by atoms with Gasteiger partial charge in [-0.3, -0.25) is 14.9 Å². The summed E-state index contributed by atoms with van der Waals surface area (Å²) in [6.07, 6.45) is 4.65. The predicted molar refractivity (Wildman–Crippen MR) is 52.3 cm³/mol. The number of allylic oxidation sites excluding steroid dienone is 4. The first kappa shape index (κ1) is 14.1. The Labute approximate surface area is 81.3 Å². The van der Waals surface area contributed by atoms with Crippen LogP contribution in [0.25, 0.3) is 0 Å². The molecule has 13 heavy (non-hydrogen) atoms. The second-order valence-electron chi connectivity index (χ2n) is 1.83. The lowest BCUT2D eigenvalue weighted by Crippen LogP contribution is -1.84. The van der Waals surface area contributed by atoms with Crippen LogP contribution in [-0.2, 0) is 4.79 Å². The van der Waals surface area contributed by atoms with Crippen LogP contribution in [0.1, 0.15) is 0 Å². The Morgan fingerprint density at radius 2 is 2.00 bits per heavy atom. The Bertz CT molecular complexity index is 242. The summed E-state index contributed by atoms with van der Waals surface area (Å²) in [4.78, 5) is 18.5. The Morgan fingerprint density at radius 1 is 1.62 bits per heavy atom. The molecular formula is C8H10ClNO3. The van der Waals surface area contributed by atoms with Crippen molar-refractivity contribution >= 4 is 16.8 Å². The highest BCUT2D eigenvalue weighted by molar-refractivity contribution is 6.68. The van der Waals surface area contributed by atoms with E-state index in [9.17, 15) is 4.79 Å². The molecular weight excluding hydrogens is 194 g/mol. The molecule has 5 heteroatoms. The van der Waals surface area contributed by atoms with Gasteiger partial charge in [0.05, 0.1) is 0 Å². The molecule has 0 atom stereocenters. The van der Waals surface area contributed by atoms with Crippen LogP contribution >= 0.6 is 11.6 Å². The van der Waals surface area contributed by atoms with Gasteiger partial charge >= 0.3 is 0 Å². The third-order valence-corrected chi connectivity index (χ3v) is 0.929. The summed E-state index contributed by atoms with van der Waals surface area (Å²) < 4.78 is 0. The molecule has 0 saturated carbocycles. The summed E-state index contributed by atoms with van der Waals surface area (Å²) in [6.45, 7) is 6.79. The summed E-state index contributed by atoms with van der Waals surface area (Å²) in [7, 11) is 0.889. The molecule has 0 aliphatic heterocycles. The van der Waals surface area contributed by atoms with Gasteiger partial charge in [0.2, 0.25) is 0 Å². The number of carbonyl (C=O) groups excluding carboxylic acids is 1. The topological polar surface area (TPSA) is 60.2 Å². The SMILES string of the molecule is C=C/C=C\C(=C)C(=O)Cl.C[N+](=O)[O-]. The fourth-order valence-corrected chi connectivity index (χ4v) is 0.313. The van der Waals surface area contributed by atoms with Crippen molar-refractivity contribution in [1.29, 1.82) is 0 Å². The van der Waals surface area contributed by atoms with Crippen LogP contribution in [0.5, 0.6) is 0 Å². The molecule has 0 rings (SSSR count). The first-order valence-corrected chi connectivity index (χ1v) is 3.55. The summed E-state index contributed by atoms with van der Waals surface area (Å²) in [5.41, 5.74) is 0.275. The molecule has 0 aliphatic carbocycles. The van der Waals surface area contributed by atoms with E-state index >= 15 is 0 Å². The number of nitrogens with zero attached hydrogens (tertiary/aromatic N) is 1. The lowest BCUT2D eigenvalue weighted by Gasteiger charge is -1.84. The standard InChI is InChI=1S/C7H7ClO.CH3NO2/c1-3-4-5-6(2)7(8)9;1-2(3)4/h3-5H,1-2H2;1H3/b5-4-;. The minimum Gasteiger partial charge on any atom is -0.276 e. The molecule has 0 heterocycles. The lowest BCUT2D eigenvalue weighted by atomic mass is 10.3. The zero-order valence-electron chi connectivity index (χ0n) is 7.20. The Morgan fingerprint density at radius 3 is 2.23 bits per heavy atom. The van der Waals surface area contributed by atoms with Crippen molar-refractivity contribution in [2.24, 2.45) is 0 Å². The van der Waals surface area contributed by atoms with E-state index in [0.29, 0.717) is 0 Å². The van der Waals surface area contributed by atoms with Crippen LogP contribution in [0.15, 0.2) is 37.0 Å². The van der Waals surface area contributed by atoms with Crippen LogP contribution in [0.3, 0.4) is 0 Å². The first-order chi connectivity index (χ1) is 5.91. The molecule has 0 radical (unpaired) electrons. The van der Waals surface area contributed by atoms with E-state index in [1.807, 2.05) is 0 Å². The van der Waals surface area contributed by atoms with Crippen LogP contribution in [-0.4, -0.2) is 17.2 Å². The molecule has 0 aromatic rings. The maximum Gasteiger partial charge on any atom is 0.251 e. The van der Waals surface area contributed by atoms with Gasteiger partial charge in [0, 0.05) is 10.5 Å². The third kappa shape index (κ3) is 18.0. The number of hydrogen-bond donors (Lipinski definition) is 0. The maximum absolute atomic E-state index is 10.2. The molecule has 0 amide bonds. The molecule has 0 unspecified atom stereocenters. The average molecular weight is 204 g/mol. The van der Waals surface area contributed by atoms with Crippen molar-refractivity contribution in [2.75, 3.05) is 7.05 Å². The lowest BCUT2D eigenvalue weighted by molar-refractivity contribution is -0.445. The summed E-state index contributed by atoms with van der Waals surface area (Å²) in [5, 5.41) is 8.27. The Kier molecular flexibility index (Phi) is 9.42. The van der Waals surface area contributed by atoms with Crippen molar-refractivity contribution < 1.29 is 9.72 Å². The molecule has 0 bridgehead atoms. The average Bonchev–Trinajstić information content (AvgIpc) is 1.98. The highest BCUT2D eigenvalue weighted by atomic mass is 35.5. The normalized spacial score (nSPS) is 8.46. The van der Waals surface area contributed by atoms with Gasteiger partial charge in [0.25, 0.3) is 5.24 Å². The quantitative estimate of drug-likeness (QED) is 0.232. The van der Waals surface area contributed by atoms with Gasteiger partial charge in [-0.25, -0.2) is 0 Å². The van der Waals surface area contributed by atoms with Crippen molar-refractivity contribution in [3.8, 4) is 0 Å². The second-order valence-corrected chi connectivity index (χ2v) is 2.18. The molecule has 0 saturated heterocycles. The van der Waals surface area contributed by atoms with E-state index in [2.05, 4.69) is 13.2 Å². The molecule has 0 N–H and O–H groups in total. The van der Waals surface area contributed by atoms with Crippen molar-refractivity contribution in [3.05, 3.63) is 47.1 Å². The van der Waals surface area contributed by atoms with E-state index in [0.717, 1.165) is 7.05 Å². The minimum absolute atomic E-state index is 0.275. The summed E-state index contributed by atoms with van der Waals surface area (Å²) in [6, 6.07) is 0. The largest absolute Gasteiger partial charge is 0.276 e. The van der Waals surface area contributed by atoms with Gasteiger partial charge < -0.3 is 0 Å². The smallest absolute Gasteiger partial charge is 0.251 e. The van der Waals surface area contributed by atoms with Crippen LogP contribution in [0.2, 0.25) is 0 Å². The molecule has 0 aromatic carbocycles. The highest BCUT2D eigenvalue weighted by Crippen LogP contribution is 1.97. The first-order valence-electron chi connectivity index (χ1n) is 3.17. The van der Waals surface area contributed by atoms with Crippen molar-refractivity contribution in [3.63, 3.8) is 0 Å². The molecule has 4 nitrogen and oxygen atoms in total. The number of nitro groups is 1. The Hall–Kier alpha value is -1.42. The van der Waals surface area contributed by atoms with E-state index in [1.165, 1.54) is 6.08 Å². The van der Waals surface area contributed by atoms with E-state index < -0.39 is 10.2 Å². The third-order valence-electron chi connectivity index (χ3n) is 0.686. The number of carbonyl (C=O) groups is 1. The zero-order valence-corrected chi connectivity index (χ0v) is 7.95. The zero-order chi connectivity index (χ0) is 10.9. The van der Waals surface area contributed by atoms with Gasteiger partial charge in [-0.15, -0.1) is 0 Å². The summed E-state index contributed by atoms with van der Waals surface area (Å²) in [5.74, 6) is 0. The number of rotatable bonds is 3. The van der Waals surface area contributed by atoms with Crippen LogP contribution < -0.4 is 0 Å². The van der Waals surface area contributed by atoms with E-state index in [4.69, 9.17) is 21.7 Å². The van der Waals surface area contributed by atoms with E-state index in [1.54, 1.807) is 12.2 Å². The number of halogens is 1. The summed E-state index contributed by atoms with van der Waals surface area (Å²) >= 11 is 5.04. The molecule has 0 aliphatic rings. The van der Waals surface area contributed by atoms with Gasteiger partial charge in [0.15, 0.2) is 7.05 Å². The number of hydrogen-bond acceptors (Lipinski definition) is 3. The fourth-order valence-electron chi connectivity index (χ4n) is 0.250. The maximum atomic E-state index is 10.2. The second kappa shape index (κ2) is 8.67. The van der Waals surface area contributed by atoms with Gasteiger partial charge in [0.1, 0.15) is 0 Å². The van der Waals surface area contributed by atoms with Crippen molar-refractivity contribution in [2.45, 2.75) is 0 Å². The van der Waals surface area contributed by atoms with Gasteiger partial charge in [-0.1, -0.05) is 31.4 Å². The van der Waals surface area contributed by atoms with Crippen LogP contribution in [0.4, 0.5) is 0 Å². The minimum atomic E-state index is -0.534. The molecule has 72 valence electrons. The van der Waals surface area contributed by atoms with Crippen molar-refractivity contribution in [1.82, 2.24) is 0 Å². The van der Waals surface area contributed by atoms with Gasteiger partial charge in [-0.05, 0) is 11.6 Å². The highest BCUT2D eigenvalue weighted by Gasteiger charge is 1.94. The van der Waals surface area contributed by atoms with Crippen LogP contribution in [0, 0.1) is 10.1 Å². The molecule has 0 fully saturated rings. The van der Waals surface area contributed by atoms with Gasteiger partial charge in [-0.2, -0.15) is 0 Å². The fraction of sp³-hybridized carbons (Fsp3) is 0.125. The molecule has 0 spiro atoms. The molecule has 0 aromatic heterocycles. The Balaban J connectivity index is 0. The predicted octanol–water partition coefficient (Wildman–Crippen LogP) is 1.94. The van der Waals surface area contributed by atoms with E-state index in [-0.39, 0.29) is 5.57 Å².